The van der Waals surface area contributed by atoms with Gasteiger partial charge in [0.1, 0.15) is 17.1 Å². The average Bonchev–Trinajstić information content (AvgIpc) is 2.80. The van der Waals surface area contributed by atoms with Crippen molar-refractivity contribution in [1.82, 2.24) is 19.8 Å². The molecule has 0 bridgehead atoms. The molecule has 0 N–H and O–H groups in total. The van der Waals surface area contributed by atoms with Crippen molar-refractivity contribution in [3.63, 3.8) is 0 Å². The zero-order valence-electron chi connectivity index (χ0n) is 19.0. The molecule has 0 radical (unpaired) electrons. The second-order valence-electron chi connectivity index (χ2n) is 8.72. The third-order valence-corrected chi connectivity index (χ3v) is 6.74. The van der Waals surface area contributed by atoms with Crippen molar-refractivity contribution < 1.29 is 4.74 Å². The van der Waals surface area contributed by atoms with E-state index in [0.717, 1.165) is 63.1 Å². The van der Waals surface area contributed by atoms with Gasteiger partial charge >= 0.3 is 0 Å². The lowest BCUT2D eigenvalue weighted by Gasteiger charge is -2.42. The van der Waals surface area contributed by atoms with E-state index >= 15 is 0 Å². The molecule has 2 saturated heterocycles. The van der Waals surface area contributed by atoms with E-state index in [1.807, 2.05) is 12.1 Å². The van der Waals surface area contributed by atoms with E-state index in [1.165, 1.54) is 12.8 Å². The molecule has 7 heteroatoms. The van der Waals surface area contributed by atoms with Gasteiger partial charge in [-0.05, 0) is 58.1 Å². The highest BCUT2D eigenvalue weighted by Gasteiger charge is 2.30. The molecule has 3 heterocycles. The van der Waals surface area contributed by atoms with Gasteiger partial charge in [-0.25, -0.2) is 0 Å². The Kier molecular flexibility index (Phi) is 7.01. The maximum atomic E-state index is 9.43. The predicted octanol–water partition coefficient (Wildman–Crippen LogP) is 2.90. The summed E-state index contributed by atoms with van der Waals surface area (Å²) in [6.07, 6.45) is 6.14. The SMILES string of the molecule is CCN(CC)C1CCN(CC2CN(c3ccc(C#N)c4nccnc34)CC(C)O2)CC1. The van der Waals surface area contributed by atoms with Gasteiger partial charge in [0.15, 0.2) is 0 Å². The number of hydrogen-bond donors (Lipinski definition) is 0. The molecule has 4 rings (SSSR count). The highest BCUT2D eigenvalue weighted by Crippen LogP contribution is 2.29. The molecule has 2 aromatic rings. The van der Waals surface area contributed by atoms with E-state index in [4.69, 9.17) is 4.74 Å². The Bertz CT molecular complexity index is 916. The van der Waals surface area contributed by atoms with Crippen LogP contribution in [0.4, 0.5) is 5.69 Å². The molecular formula is C24H34N6O. The highest BCUT2D eigenvalue weighted by atomic mass is 16.5. The number of hydrogen-bond acceptors (Lipinski definition) is 7. The molecule has 0 amide bonds. The summed E-state index contributed by atoms with van der Waals surface area (Å²) in [5.41, 5.74) is 3.09. The number of fused-ring (bicyclic) bond motifs is 1. The third kappa shape index (κ3) is 4.82. The van der Waals surface area contributed by atoms with Gasteiger partial charge in [0.2, 0.25) is 0 Å². The van der Waals surface area contributed by atoms with Crippen LogP contribution in [0.25, 0.3) is 11.0 Å². The highest BCUT2D eigenvalue weighted by molar-refractivity contribution is 5.92. The van der Waals surface area contributed by atoms with Crippen molar-refractivity contribution in [1.29, 1.82) is 5.26 Å². The van der Waals surface area contributed by atoms with Crippen molar-refractivity contribution in [2.45, 2.75) is 51.9 Å². The summed E-state index contributed by atoms with van der Waals surface area (Å²) >= 11 is 0. The van der Waals surface area contributed by atoms with Crippen LogP contribution < -0.4 is 4.90 Å². The number of benzene rings is 1. The topological polar surface area (TPSA) is 68.5 Å². The fourth-order valence-electron chi connectivity index (χ4n) is 5.23. The molecule has 0 aliphatic carbocycles. The van der Waals surface area contributed by atoms with E-state index < -0.39 is 0 Å². The number of aromatic nitrogens is 2. The minimum Gasteiger partial charge on any atom is -0.370 e. The van der Waals surface area contributed by atoms with Crippen molar-refractivity contribution in [3.8, 4) is 6.07 Å². The van der Waals surface area contributed by atoms with E-state index in [2.05, 4.69) is 51.5 Å². The number of nitrogens with zero attached hydrogens (tertiary/aromatic N) is 6. The van der Waals surface area contributed by atoms with E-state index in [9.17, 15) is 5.26 Å². The van der Waals surface area contributed by atoms with Crippen molar-refractivity contribution in [2.75, 3.05) is 50.7 Å². The second-order valence-corrected chi connectivity index (χ2v) is 8.72. The van der Waals surface area contributed by atoms with Gasteiger partial charge in [-0.15, -0.1) is 0 Å². The number of piperidine rings is 1. The lowest BCUT2D eigenvalue weighted by atomic mass is 10.0. The van der Waals surface area contributed by atoms with Crippen LogP contribution in [-0.2, 0) is 4.74 Å². The van der Waals surface area contributed by atoms with Gasteiger partial charge < -0.3 is 19.4 Å². The quantitative estimate of drug-likeness (QED) is 0.709. The van der Waals surface area contributed by atoms with Gasteiger partial charge in [-0.2, -0.15) is 5.26 Å². The van der Waals surface area contributed by atoms with Crippen LogP contribution in [0.5, 0.6) is 0 Å². The first-order valence-electron chi connectivity index (χ1n) is 11.6. The average molecular weight is 423 g/mol. The normalized spacial score (nSPS) is 23.4. The summed E-state index contributed by atoms with van der Waals surface area (Å²) in [5.74, 6) is 0. The monoisotopic (exact) mass is 422 g/mol. The van der Waals surface area contributed by atoms with Gasteiger partial charge in [0.25, 0.3) is 0 Å². The molecule has 1 aromatic carbocycles. The predicted molar refractivity (Wildman–Crippen MR) is 123 cm³/mol. The Morgan fingerprint density at radius 3 is 2.48 bits per heavy atom. The van der Waals surface area contributed by atoms with E-state index in [-0.39, 0.29) is 12.2 Å². The second kappa shape index (κ2) is 9.90. The fraction of sp³-hybridized carbons (Fsp3) is 0.625. The molecule has 7 nitrogen and oxygen atoms in total. The van der Waals surface area contributed by atoms with Gasteiger partial charge in [0, 0.05) is 38.1 Å². The van der Waals surface area contributed by atoms with Crippen molar-refractivity contribution in [2.24, 2.45) is 0 Å². The third-order valence-electron chi connectivity index (χ3n) is 6.74. The summed E-state index contributed by atoms with van der Waals surface area (Å²) < 4.78 is 6.33. The number of ether oxygens (including phenoxy) is 1. The molecule has 31 heavy (non-hydrogen) atoms. The molecular weight excluding hydrogens is 388 g/mol. The minimum absolute atomic E-state index is 0.148. The molecule has 1 aromatic heterocycles. The Morgan fingerprint density at radius 1 is 1.10 bits per heavy atom. The molecule has 2 aliphatic heterocycles. The summed E-state index contributed by atoms with van der Waals surface area (Å²) in [4.78, 5) is 16.5. The molecule has 2 fully saturated rings. The Hall–Kier alpha value is -2.27. The summed E-state index contributed by atoms with van der Waals surface area (Å²) in [6.45, 7) is 13.8. The Balaban J connectivity index is 1.44. The first kappa shape index (κ1) is 21.9. The van der Waals surface area contributed by atoms with Crippen molar-refractivity contribution in [3.05, 3.63) is 30.1 Å². The molecule has 2 atom stereocenters. The van der Waals surface area contributed by atoms with E-state index in [0.29, 0.717) is 11.1 Å². The number of morpholine rings is 1. The fourth-order valence-corrected chi connectivity index (χ4v) is 5.23. The van der Waals surface area contributed by atoms with Gasteiger partial charge in [-0.1, -0.05) is 13.8 Å². The van der Waals surface area contributed by atoms with Gasteiger partial charge in [-0.3, -0.25) is 9.97 Å². The maximum absolute atomic E-state index is 9.43. The molecule has 0 saturated carbocycles. The van der Waals surface area contributed by atoms with E-state index in [1.54, 1.807) is 12.4 Å². The Morgan fingerprint density at radius 2 is 1.81 bits per heavy atom. The minimum atomic E-state index is 0.148. The van der Waals surface area contributed by atoms with Crippen LogP contribution in [0.15, 0.2) is 24.5 Å². The lowest BCUT2D eigenvalue weighted by molar-refractivity contribution is -0.0374. The molecule has 2 aliphatic rings. The zero-order valence-corrected chi connectivity index (χ0v) is 19.0. The van der Waals surface area contributed by atoms with Crippen LogP contribution >= 0.6 is 0 Å². The number of anilines is 1. The first-order chi connectivity index (χ1) is 15.1. The van der Waals surface area contributed by atoms with Crippen molar-refractivity contribution >= 4 is 16.7 Å². The number of rotatable bonds is 6. The summed E-state index contributed by atoms with van der Waals surface area (Å²) in [6, 6.07) is 6.83. The zero-order chi connectivity index (χ0) is 21.8. The first-order valence-corrected chi connectivity index (χ1v) is 11.6. The number of nitriles is 1. The molecule has 0 spiro atoms. The van der Waals surface area contributed by atoms with Crippen LogP contribution in [0.3, 0.4) is 0 Å². The standard InChI is InChI=1S/C24H34N6O/c1-4-29(5-2)20-8-12-28(13-9-20)16-21-17-30(15-18(3)31-21)22-7-6-19(14-25)23-24(22)27-11-10-26-23/h6-7,10-11,18,20-21H,4-5,8-9,12-13,15-17H2,1-3H3. The van der Waals surface area contributed by atoms with Crippen LogP contribution in [-0.4, -0.2) is 83.8 Å². The summed E-state index contributed by atoms with van der Waals surface area (Å²) in [7, 11) is 0. The van der Waals surface area contributed by atoms with Crippen LogP contribution in [0, 0.1) is 11.3 Å². The molecule has 2 unspecified atom stereocenters. The Labute approximate surface area is 185 Å². The van der Waals surface area contributed by atoms with Crippen LogP contribution in [0.2, 0.25) is 0 Å². The summed E-state index contributed by atoms with van der Waals surface area (Å²) in [5, 5.41) is 9.43. The van der Waals surface area contributed by atoms with Crippen LogP contribution in [0.1, 0.15) is 39.2 Å². The largest absolute Gasteiger partial charge is 0.370 e. The molecule has 166 valence electrons. The number of likely N-dealkylation sites (tertiary alicyclic amines) is 1. The van der Waals surface area contributed by atoms with Gasteiger partial charge in [0.05, 0.1) is 23.5 Å². The smallest absolute Gasteiger partial charge is 0.113 e. The lowest BCUT2D eigenvalue weighted by Crippen LogP contribution is -2.53. The maximum Gasteiger partial charge on any atom is 0.113 e.